The molecule has 0 aliphatic carbocycles. The Labute approximate surface area is 177 Å². The maximum absolute atomic E-state index is 10.9. The zero-order valence-corrected chi connectivity index (χ0v) is 18.1. The number of hydrogen-bond donors (Lipinski definition) is 2. The van der Waals surface area contributed by atoms with Gasteiger partial charge in [-0.2, -0.15) is 16.8 Å². The molecule has 2 rings (SSSR count). The summed E-state index contributed by atoms with van der Waals surface area (Å²) in [6.45, 7) is 8.82. The van der Waals surface area contributed by atoms with Gasteiger partial charge in [0.15, 0.2) is 0 Å². The van der Waals surface area contributed by atoms with Crippen LogP contribution in [0.25, 0.3) is 11.6 Å². The van der Waals surface area contributed by atoms with Crippen LogP contribution in [0.3, 0.4) is 0 Å². The van der Waals surface area contributed by atoms with E-state index < -0.39 is 20.2 Å². The van der Waals surface area contributed by atoms with Gasteiger partial charge in [-0.25, -0.2) is 0 Å². The van der Waals surface area contributed by atoms with Gasteiger partial charge in [-0.15, -0.1) is 0 Å². The van der Waals surface area contributed by atoms with E-state index >= 15 is 0 Å². The largest absolute Gasteiger partial charge is 1.00 e. The summed E-state index contributed by atoms with van der Waals surface area (Å²) in [5, 5.41) is 0. The van der Waals surface area contributed by atoms with E-state index in [-0.39, 0.29) is 40.8 Å². The average Bonchev–Trinajstić information content (AvgIpc) is 2.54. The quantitative estimate of drug-likeness (QED) is 0.570. The molecule has 0 atom stereocenters. The maximum Gasteiger partial charge on any atom is 1.00 e. The summed E-state index contributed by atoms with van der Waals surface area (Å²) in [4.78, 5) is -0.199. The molecule has 0 spiro atoms. The Bertz CT molecular complexity index is 984. The van der Waals surface area contributed by atoms with Crippen LogP contribution in [-0.2, 0) is 20.2 Å². The predicted octanol–water partition coefficient (Wildman–Crippen LogP) is 0.659. The number of rotatable bonds is 4. The van der Waals surface area contributed by atoms with Crippen LogP contribution in [0.5, 0.6) is 0 Å². The van der Waals surface area contributed by atoms with Gasteiger partial charge in [-0.05, 0) is 41.8 Å². The van der Waals surface area contributed by atoms with Crippen LogP contribution in [0.4, 0.5) is 0 Å². The molecule has 0 aliphatic heterocycles. The summed E-state index contributed by atoms with van der Waals surface area (Å²) in [6.07, 6.45) is 1.59. The molecule has 0 fully saturated rings. The molecule has 2 N–H and O–H groups in total. The van der Waals surface area contributed by atoms with Crippen molar-refractivity contribution in [1.82, 2.24) is 0 Å². The molecule has 0 heterocycles. The van der Waals surface area contributed by atoms with Crippen LogP contribution in [0.2, 0.25) is 0 Å². The van der Waals surface area contributed by atoms with Crippen LogP contribution in [0, 0.1) is 0 Å². The van der Waals surface area contributed by atoms with Crippen LogP contribution in [0.15, 0.2) is 71.5 Å². The first-order chi connectivity index (χ1) is 11.5. The van der Waals surface area contributed by atoms with Crippen molar-refractivity contribution in [1.29, 1.82) is 0 Å². The summed E-state index contributed by atoms with van der Waals surface area (Å²) >= 11 is 0. The second-order valence-electron chi connectivity index (χ2n) is 5.00. The van der Waals surface area contributed by atoms with Crippen molar-refractivity contribution in [3.63, 3.8) is 0 Å². The van der Waals surface area contributed by atoms with Crippen molar-refractivity contribution < 1.29 is 56.9 Å². The summed E-state index contributed by atoms with van der Waals surface area (Å²) < 4.78 is 60.3. The molecular formula is C17H19NaO6S2. The molecule has 2 aromatic rings. The first kappa shape index (κ1) is 24.7. The standard InChI is InChI=1S/C9H10O3S.C8H8O3S.Na.H/c1-7(2)8-5-3-4-6-9(8)13(10,11)12;1-2-7-3-5-8(6-4-7)12(9,10)11;;/h3-6H,1H2,2H3,(H,10,11,12);2-6H,1H2,(H,9,10,11);;/q;;+1;-1. The Morgan fingerprint density at radius 2 is 1.46 bits per heavy atom. The molecule has 2 aromatic carbocycles. The summed E-state index contributed by atoms with van der Waals surface area (Å²) in [5.41, 5.74) is 1.86. The van der Waals surface area contributed by atoms with Crippen molar-refractivity contribution in [3.8, 4) is 0 Å². The Balaban J connectivity index is 0. The van der Waals surface area contributed by atoms with Crippen LogP contribution in [0.1, 0.15) is 19.5 Å². The van der Waals surface area contributed by atoms with E-state index in [1.807, 2.05) is 0 Å². The monoisotopic (exact) mass is 406 g/mol. The third kappa shape index (κ3) is 7.55. The van der Waals surface area contributed by atoms with Crippen molar-refractivity contribution in [2.45, 2.75) is 16.7 Å². The first-order valence-electron chi connectivity index (χ1n) is 6.89. The van der Waals surface area contributed by atoms with Crippen molar-refractivity contribution >= 4 is 31.9 Å². The van der Waals surface area contributed by atoms with Crippen LogP contribution >= 0.6 is 0 Å². The van der Waals surface area contributed by atoms with Gasteiger partial charge in [-0.1, -0.05) is 49.6 Å². The molecular weight excluding hydrogens is 387 g/mol. The Hall–Kier alpha value is -1.26. The van der Waals surface area contributed by atoms with Crippen LogP contribution in [-0.4, -0.2) is 25.9 Å². The molecule has 0 saturated heterocycles. The summed E-state index contributed by atoms with van der Waals surface area (Å²) in [6, 6.07) is 12.0. The van der Waals surface area contributed by atoms with Gasteiger partial charge < -0.3 is 1.43 Å². The van der Waals surface area contributed by atoms with Crippen molar-refractivity contribution in [2.75, 3.05) is 0 Å². The number of hydrogen-bond acceptors (Lipinski definition) is 4. The van der Waals surface area contributed by atoms with E-state index in [9.17, 15) is 16.8 Å². The fourth-order valence-corrected chi connectivity index (χ4v) is 3.07. The Morgan fingerprint density at radius 3 is 1.81 bits per heavy atom. The predicted molar refractivity (Wildman–Crippen MR) is 98.4 cm³/mol. The van der Waals surface area contributed by atoms with E-state index in [0.717, 1.165) is 5.56 Å². The minimum Gasteiger partial charge on any atom is -1.00 e. The fraction of sp³-hybridized carbons (Fsp3) is 0.0588. The normalized spacial score (nSPS) is 10.7. The second-order valence-corrected chi connectivity index (χ2v) is 7.81. The Kier molecular flexibility index (Phi) is 9.68. The van der Waals surface area contributed by atoms with Gasteiger partial charge >= 0.3 is 29.6 Å². The van der Waals surface area contributed by atoms with Gasteiger partial charge in [-0.3, -0.25) is 9.11 Å². The molecule has 9 heteroatoms. The van der Waals surface area contributed by atoms with E-state index in [2.05, 4.69) is 13.2 Å². The Morgan fingerprint density at radius 1 is 0.962 bits per heavy atom. The third-order valence-corrected chi connectivity index (χ3v) is 4.82. The molecule has 0 bridgehead atoms. The van der Waals surface area contributed by atoms with Gasteiger partial charge in [0.2, 0.25) is 0 Å². The van der Waals surface area contributed by atoms with Gasteiger partial charge in [0.25, 0.3) is 20.2 Å². The molecule has 136 valence electrons. The van der Waals surface area contributed by atoms with E-state index in [1.54, 1.807) is 43.3 Å². The molecule has 26 heavy (non-hydrogen) atoms. The second kappa shape index (κ2) is 10.2. The first-order valence-corrected chi connectivity index (χ1v) is 9.77. The maximum atomic E-state index is 10.9. The molecule has 0 saturated carbocycles. The average molecular weight is 406 g/mol. The molecule has 0 aliphatic rings. The molecule has 0 aromatic heterocycles. The third-order valence-electron chi connectivity index (χ3n) is 3.04. The topological polar surface area (TPSA) is 109 Å². The zero-order chi connectivity index (χ0) is 19.3. The van der Waals surface area contributed by atoms with E-state index in [0.29, 0.717) is 11.1 Å². The van der Waals surface area contributed by atoms with E-state index in [1.165, 1.54) is 18.2 Å². The number of allylic oxidation sites excluding steroid dienone is 1. The minimum absolute atomic E-state index is 0. The van der Waals surface area contributed by atoms with Crippen LogP contribution < -0.4 is 29.6 Å². The molecule has 0 amide bonds. The van der Waals surface area contributed by atoms with E-state index in [4.69, 9.17) is 9.11 Å². The fourth-order valence-electron chi connectivity index (χ4n) is 1.82. The number of benzene rings is 2. The molecule has 6 nitrogen and oxygen atoms in total. The van der Waals surface area contributed by atoms with Gasteiger partial charge in [0.1, 0.15) is 4.90 Å². The van der Waals surface area contributed by atoms with Crippen molar-refractivity contribution in [2.24, 2.45) is 0 Å². The SMILES string of the molecule is C=C(C)c1ccccc1S(=O)(=O)O.C=Cc1ccc(S(=O)(=O)O)cc1.[H-].[Na+]. The van der Waals surface area contributed by atoms with Crippen molar-refractivity contribution in [3.05, 3.63) is 72.8 Å². The zero-order valence-electron chi connectivity index (χ0n) is 15.5. The summed E-state index contributed by atoms with van der Waals surface area (Å²) in [5.74, 6) is 0. The minimum atomic E-state index is -4.14. The molecule has 0 radical (unpaired) electrons. The van der Waals surface area contributed by atoms with Gasteiger partial charge in [0, 0.05) is 0 Å². The smallest absolute Gasteiger partial charge is 1.00 e. The molecule has 0 unspecified atom stereocenters. The summed E-state index contributed by atoms with van der Waals surface area (Å²) in [7, 11) is -8.20. The van der Waals surface area contributed by atoms with Gasteiger partial charge in [0.05, 0.1) is 4.90 Å².